The number of fused-ring (bicyclic) bond motifs is 1. The second-order valence-electron chi connectivity index (χ2n) is 8.04. The molecule has 1 N–H and O–H groups in total. The summed E-state index contributed by atoms with van der Waals surface area (Å²) in [7, 11) is -3.73. The molecule has 2 aromatic carbocycles. The second kappa shape index (κ2) is 8.13. The van der Waals surface area contributed by atoms with Crippen molar-refractivity contribution < 1.29 is 8.42 Å². The topological polar surface area (TPSA) is 68.2 Å². The molecule has 1 aromatic heterocycles. The number of nitrogens with one attached hydrogen (secondary N) is 1. The average molecular weight is 413 g/mol. The van der Waals surface area contributed by atoms with Gasteiger partial charge in [-0.25, -0.2) is 13.1 Å². The van der Waals surface area contributed by atoms with Crippen molar-refractivity contribution in [2.45, 2.75) is 52.1 Å². The van der Waals surface area contributed by atoms with Crippen LogP contribution < -0.4 is 10.3 Å². The van der Waals surface area contributed by atoms with E-state index < -0.39 is 16.1 Å². The van der Waals surface area contributed by atoms with Crippen molar-refractivity contribution in [3.8, 4) is 0 Å². The van der Waals surface area contributed by atoms with Gasteiger partial charge in [0.2, 0.25) is 10.0 Å². The van der Waals surface area contributed by atoms with E-state index in [2.05, 4.69) is 4.72 Å². The molecule has 6 heteroatoms. The minimum Gasteiger partial charge on any atom is -0.307 e. The van der Waals surface area contributed by atoms with Crippen LogP contribution in [0.25, 0.3) is 10.9 Å². The molecule has 0 amide bonds. The van der Waals surface area contributed by atoms with E-state index in [4.69, 9.17) is 0 Å². The molecule has 0 bridgehead atoms. The zero-order valence-electron chi connectivity index (χ0n) is 17.6. The number of benzene rings is 2. The van der Waals surface area contributed by atoms with E-state index in [1.54, 1.807) is 10.6 Å². The standard InChI is InChI=1S/C23H28N2O3S/c1-15(2)20(14-25-21-9-7-6-8-19(21)10-11-22(25)26)24-29(27,28)23-17(4)12-16(3)13-18(23)5/h6-13,15,20,24H,14H2,1-5H3. The number of nitrogens with zero attached hydrogens (tertiary/aromatic N) is 1. The van der Waals surface area contributed by atoms with Gasteiger partial charge in [-0.15, -0.1) is 0 Å². The molecule has 1 unspecified atom stereocenters. The van der Waals surface area contributed by atoms with Gasteiger partial charge in [0, 0.05) is 18.7 Å². The van der Waals surface area contributed by atoms with Crippen molar-refractivity contribution in [1.82, 2.24) is 9.29 Å². The summed E-state index contributed by atoms with van der Waals surface area (Å²) >= 11 is 0. The first-order valence-corrected chi connectivity index (χ1v) is 11.3. The Morgan fingerprint density at radius 2 is 1.59 bits per heavy atom. The zero-order chi connectivity index (χ0) is 21.3. The van der Waals surface area contributed by atoms with E-state index in [1.807, 2.05) is 71.0 Å². The largest absolute Gasteiger partial charge is 0.307 e. The minimum absolute atomic E-state index is 0.00158. The van der Waals surface area contributed by atoms with Crippen LogP contribution in [0.3, 0.4) is 0 Å². The van der Waals surface area contributed by atoms with Crippen molar-refractivity contribution in [2.75, 3.05) is 0 Å². The molecule has 1 atom stereocenters. The van der Waals surface area contributed by atoms with Gasteiger partial charge in [-0.05, 0) is 55.3 Å². The van der Waals surface area contributed by atoms with Gasteiger partial charge in [-0.3, -0.25) is 4.79 Å². The van der Waals surface area contributed by atoms with Crippen molar-refractivity contribution >= 4 is 20.9 Å². The van der Waals surface area contributed by atoms with Crippen LogP contribution >= 0.6 is 0 Å². The highest BCUT2D eigenvalue weighted by molar-refractivity contribution is 7.89. The maximum atomic E-state index is 13.2. The summed E-state index contributed by atoms with van der Waals surface area (Å²) < 4.78 is 31.0. The van der Waals surface area contributed by atoms with E-state index in [0.717, 1.165) is 27.6 Å². The SMILES string of the molecule is Cc1cc(C)c(S(=O)(=O)NC(Cn2c(=O)ccc3ccccc32)C(C)C)c(C)c1. The molecule has 5 nitrogen and oxygen atoms in total. The van der Waals surface area contributed by atoms with Gasteiger partial charge in [0.25, 0.3) is 5.56 Å². The zero-order valence-corrected chi connectivity index (χ0v) is 18.4. The lowest BCUT2D eigenvalue weighted by Crippen LogP contribution is -2.43. The van der Waals surface area contributed by atoms with E-state index in [0.29, 0.717) is 4.90 Å². The highest BCUT2D eigenvalue weighted by Crippen LogP contribution is 2.23. The number of hydrogen-bond donors (Lipinski definition) is 1. The van der Waals surface area contributed by atoms with Crippen molar-refractivity contribution in [3.63, 3.8) is 0 Å². The fourth-order valence-electron chi connectivity index (χ4n) is 3.86. The molecule has 0 radical (unpaired) electrons. The maximum Gasteiger partial charge on any atom is 0.251 e. The first-order valence-electron chi connectivity index (χ1n) is 9.79. The van der Waals surface area contributed by atoms with Gasteiger partial charge in [-0.2, -0.15) is 0 Å². The Morgan fingerprint density at radius 1 is 0.966 bits per heavy atom. The summed E-state index contributed by atoms with van der Waals surface area (Å²) in [5, 5.41) is 0.947. The summed E-state index contributed by atoms with van der Waals surface area (Å²) in [6.45, 7) is 9.76. The summed E-state index contributed by atoms with van der Waals surface area (Å²) in [5.74, 6) is 0.00158. The molecule has 1 heterocycles. The highest BCUT2D eigenvalue weighted by atomic mass is 32.2. The summed E-state index contributed by atoms with van der Waals surface area (Å²) in [5.41, 5.74) is 3.13. The predicted octanol–water partition coefficient (Wildman–Crippen LogP) is 3.93. The molecule has 0 saturated heterocycles. The summed E-state index contributed by atoms with van der Waals surface area (Å²) in [4.78, 5) is 12.9. The van der Waals surface area contributed by atoms with Gasteiger partial charge in [-0.1, -0.05) is 49.7 Å². The fraction of sp³-hybridized carbons (Fsp3) is 0.348. The van der Waals surface area contributed by atoms with Crippen LogP contribution in [0.1, 0.15) is 30.5 Å². The van der Waals surface area contributed by atoms with Gasteiger partial charge in [0.1, 0.15) is 0 Å². The summed E-state index contributed by atoms with van der Waals surface area (Å²) in [6, 6.07) is 14.3. The smallest absolute Gasteiger partial charge is 0.251 e. The molecule has 0 saturated carbocycles. The minimum atomic E-state index is -3.73. The van der Waals surface area contributed by atoms with Crippen LogP contribution in [0.2, 0.25) is 0 Å². The van der Waals surface area contributed by atoms with Gasteiger partial charge in [0.05, 0.1) is 10.4 Å². The third-order valence-corrected chi connectivity index (χ3v) is 7.06. The Balaban J connectivity index is 2.01. The molecule has 0 aliphatic heterocycles. The highest BCUT2D eigenvalue weighted by Gasteiger charge is 2.26. The number of sulfonamides is 1. The Hall–Kier alpha value is -2.44. The van der Waals surface area contributed by atoms with E-state index >= 15 is 0 Å². The Labute approximate surface area is 172 Å². The van der Waals surface area contributed by atoms with Gasteiger partial charge >= 0.3 is 0 Å². The van der Waals surface area contributed by atoms with Crippen LogP contribution in [0.15, 0.2) is 58.2 Å². The third-order valence-electron chi connectivity index (χ3n) is 5.26. The molecule has 3 aromatic rings. The molecule has 154 valence electrons. The number of para-hydroxylation sites is 1. The number of pyridine rings is 1. The number of rotatable bonds is 6. The van der Waals surface area contributed by atoms with E-state index in [1.165, 1.54) is 6.07 Å². The van der Waals surface area contributed by atoms with Gasteiger partial charge in [0.15, 0.2) is 0 Å². The van der Waals surface area contributed by atoms with Crippen molar-refractivity contribution in [3.05, 3.63) is 75.6 Å². The van der Waals surface area contributed by atoms with Crippen LogP contribution in [-0.2, 0) is 16.6 Å². The third kappa shape index (κ3) is 4.43. The average Bonchev–Trinajstić information content (AvgIpc) is 2.61. The second-order valence-corrected chi connectivity index (χ2v) is 9.69. The lowest BCUT2D eigenvalue weighted by atomic mass is 10.1. The number of hydrogen-bond acceptors (Lipinski definition) is 3. The normalized spacial score (nSPS) is 13.2. The predicted molar refractivity (Wildman–Crippen MR) is 118 cm³/mol. The molecule has 3 rings (SSSR count). The van der Waals surface area contributed by atoms with Crippen LogP contribution in [0, 0.1) is 26.7 Å². The maximum absolute atomic E-state index is 13.2. The lowest BCUT2D eigenvalue weighted by molar-refractivity contribution is 0.399. The van der Waals surface area contributed by atoms with E-state index in [-0.39, 0.29) is 18.0 Å². The van der Waals surface area contributed by atoms with Crippen molar-refractivity contribution in [1.29, 1.82) is 0 Å². The Kier molecular flexibility index (Phi) is 5.96. The Bertz CT molecular complexity index is 1190. The van der Waals surface area contributed by atoms with Crippen LogP contribution in [0.5, 0.6) is 0 Å². The molecule has 0 aliphatic carbocycles. The molecule has 0 spiro atoms. The molecule has 0 aliphatic rings. The lowest BCUT2D eigenvalue weighted by Gasteiger charge is -2.25. The molecule has 0 fully saturated rings. The van der Waals surface area contributed by atoms with Crippen molar-refractivity contribution in [2.24, 2.45) is 5.92 Å². The quantitative estimate of drug-likeness (QED) is 0.667. The number of aryl methyl sites for hydroxylation is 3. The first kappa shape index (κ1) is 21.3. The molecular formula is C23H28N2O3S. The fourth-order valence-corrected chi connectivity index (χ4v) is 5.69. The summed E-state index contributed by atoms with van der Waals surface area (Å²) in [6.07, 6.45) is 0. The molecule has 29 heavy (non-hydrogen) atoms. The van der Waals surface area contributed by atoms with Crippen LogP contribution in [0.4, 0.5) is 0 Å². The number of aromatic nitrogens is 1. The monoisotopic (exact) mass is 412 g/mol. The van der Waals surface area contributed by atoms with E-state index in [9.17, 15) is 13.2 Å². The molecular weight excluding hydrogens is 384 g/mol. The van der Waals surface area contributed by atoms with Gasteiger partial charge < -0.3 is 4.57 Å². The van der Waals surface area contributed by atoms with Crippen LogP contribution in [-0.4, -0.2) is 19.0 Å². The Morgan fingerprint density at radius 3 is 2.21 bits per heavy atom. The first-order chi connectivity index (χ1) is 13.6.